The standard InChI is InChI=1S/C20H21NO3/c1-24-20(23)18-13-17(12-15-8-4-2-5-9-15)19(22)21(18)14-16-10-6-3-7-11-16/h2-11,17-18H,12-14H2,1H3/t17-,18+/m1/s1. The topological polar surface area (TPSA) is 46.6 Å². The van der Waals surface area contributed by atoms with Crippen molar-refractivity contribution in [3.05, 3.63) is 71.8 Å². The zero-order valence-corrected chi connectivity index (χ0v) is 13.7. The van der Waals surface area contributed by atoms with Crippen molar-refractivity contribution in [2.24, 2.45) is 5.92 Å². The van der Waals surface area contributed by atoms with E-state index in [1.54, 1.807) is 4.90 Å². The largest absolute Gasteiger partial charge is 0.467 e. The van der Waals surface area contributed by atoms with E-state index < -0.39 is 6.04 Å². The SMILES string of the molecule is COC(=O)[C@@H]1C[C@@H](Cc2ccccc2)C(=O)N1Cc1ccccc1. The number of hydrogen-bond donors (Lipinski definition) is 0. The first-order valence-electron chi connectivity index (χ1n) is 8.15. The van der Waals surface area contributed by atoms with Crippen LogP contribution in [0.4, 0.5) is 0 Å². The quantitative estimate of drug-likeness (QED) is 0.795. The molecule has 0 unspecified atom stereocenters. The van der Waals surface area contributed by atoms with Crippen molar-refractivity contribution in [1.29, 1.82) is 0 Å². The Bertz CT molecular complexity index is 699. The van der Waals surface area contributed by atoms with E-state index in [1.165, 1.54) is 7.11 Å². The van der Waals surface area contributed by atoms with Crippen molar-refractivity contribution in [1.82, 2.24) is 4.90 Å². The van der Waals surface area contributed by atoms with Gasteiger partial charge in [0.1, 0.15) is 6.04 Å². The molecule has 0 N–H and O–H groups in total. The molecule has 4 nitrogen and oxygen atoms in total. The first-order valence-corrected chi connectivity index (χ1v) is 8.15. The van der Waals surface area contributed by atoms with Gasteiger partial charge in [0.05, 0.1) is 7.11 Å². The van der Waals surface area contributed by atoms with E-state index in [2.05, 4.69) is 0 Å². The van der Waals surface area contributed by atoms with Crippen LogP contribution in [0, 0.1) is 5.92 Å². The third-order valence-electron chi connectivity index (χ3n) is 4.51. The van der Waals surface area contributed by atoms with E-state index in [0.29, 0.717) is 19.4 Å². The van der Waals surface area contributed by atoms with E-state index in [9.17, 15) is 9.59 Å². The molecule has 4 heteroatoms. The van der Waals surface area contributed by atoms with Crippen LogP contribution < -0.4 is 0 Å². The van der Waals surface area contributed by atoms with Gasteiger partial charge in [-0.25, -0.2) is 4.79 Å². The normalized spacial score (nSPS) is 20.2. The molecule has 2 aromatic rings. The smallest absolute Gasteiger partial charge is 0.328 e. The van der Waals surface area contributed by atoms with E-state index in [0.717, 1.165) is 11.1 Å². The Morgan fingerprint density at radius 3 is 2.21 bits per heavy atom. The molecule has 3 rings (SSSR count). The summed E-state index contributed by atoms with van der Waals surface area (Å²) in [6, 6.07) is 19.2. The Balaban J connectivity index is 1.79. The van der Waals surface area contributed by atoms with Gasteiger partial charge in [-0.1, -0.05) is 60.7 Å². The van der Waals surface area contributed by atoms with Gasteiger partial charge in [-0.05, 0) is 24.0 Å². The molecule has 1 heterocycles. The minimum absolute atomic E-state index is 0.0260. The first-order chi connectivity index (χ1) is 11.7. The number of carbonyl (C=O) groups excluding carboxylic acids is 2. The summed E-state index contributed by atoms with van der Waals surface area (Å²) < 4.78 is 4.92. The summed E-state index contributed by atoms with van der Waals surface area (Å²) in [6.45, 7) is 0.435. The average Bonchev–Trinajstić information content (AvgIpc) is 2.92. The fourth-order valence-electron chi connectivity index (χ4n) is 3.28. The Hall–Kier alpha value is -2.62. The van der Waals surface area contributed by atoms with Crippen LogP contribution in [0.25, 0.3) is 0 Å². The fraction of sp³-hybridized carbons (Fsp3) is 0.300. The van der Waals surface area contributed by atoms with Crippen molar-refractivity contribution >= 4 is 11.9 Å². The van der Waals surface area contributed by atoms with Crippen LogP contribution in [0.3, 0.4) is 0 Å². The van der Waals surface area contributed by atoms with Crippen molar-refractivity contribution in [3.63, 3.8) is 0 Å². The molecule has 0 radical (unpaired) electrons. The van der Waals surface area contributed by atoms with Crippen LogP contribution >= 0.6 is 0 Å². The van der Waals surface area contributed by atoms with E-state index in [1.807, 2.05) is 60.7 Å². The molecule has 2 aromatic carbocycles. The van der Waals surface area contributed by atoms with E-state index >= 15 is 0 Å². The van der Waals surface area contributed by atoms with Gasteiger partial charge in [-0.3, -0.25) is 4.79 Å². The molecule has 0 aliphatic carbocycles. The number of hydrogen-bond acceptors (Lipinski definition) is 3. The van der Waals surface area contributed by atoms with Crippen molar-refractivity contribution < 1.29 is 14.3 Å². The number of methoxy groups -OCH3 is 1. The van der Waals surface area contributed by atoms with Crippen LogP contribution in [-0.2, 0) is 27.3 Å². The second kappa shape index (κ2) is 7.30. The summed E-state index contributed by atoms with van der Waals surface area (Å²) in [7, 11) is 1.37. The third kappa shape index (κ3) is 3.48. The lowest BCUT2D eigenvalue weighted by molar-refractivity contribution is -0.149. The maximum absolute atomic E-state index is 12.9. The Labute approximate surface area is 142 Å². The Morgan fingerprint density at radius 2 is 1.62 bits per heavy atom. The molecule has 2 atom stereocenters. The van der Waals surface area contributed by atoms with E-state index in [-0.39, 0.29) is 17.8 Å². The summed E-state index contributed by atoms with van der Waals surface area (Å²) in [4.78, 5) is 26.7. The molecular formula is C20H21NO3. The van der Waals surface area contributed by atoms with Gasteiger partial charge in [-0.15, -0.1) is 0 Å². The third-order valence-corrected chi connectivity index (χ3v) is 4.51. The molecule has 24 heavy (non-hydrogen) atoms. The molecule has 0 bridgehead atoms. The number of likely N-dealkylation sites (tertiary alicyclic amines) is 1. The highest BCUT2D eigenvalue weighted by Crippen LogP contribution is 2.30. The van der Waals surface area contributed by atoms with Crippen molar-refractivity contribution in [2.75, 3.05) is 7.11 Å². The summed E-state index contributed by atoms with van der Waals surface area (Å²) in [6.07, 6.45) is 1.16. The number of amides is 1. The number of benzene rings is 2. The molecule has 1 aliphatic rings. The molecule has 1 aliphatic heterocycles. The number of ether oxygens (including phenoxy) is 1. The lowest BCUT2D eigenvalue weighted by Gasteiger charge is -2.23. The number of esters is 1. The Kier molecular flexibility index (Phi) is 4.94. The molecule has 1 fully saturated rings. The maximum atomic E-state index is 12.9. The Morgan fingerprint density at radius 1 is 1.04 bits per heavy atom. The van der Waals surface area contributed by atoms with Crippen LogP contribution in [0.15, 0.2) is 60.7 Å². The first kappa shape index (κ1) is 16.2. The van der Waals surface area contributed by atoms with Gasteiger partial charge >= 0.3 is 5.97 Å². The highest BCUT2D eigenvalue weighted by molar-refractivity contribution is 5.90. The van der Waals surface area contributed by atoms with Crippen LogP contribution in [0.1, 0.15) is 17.5 Å². The highest BCUT2D eigenvalue weighted by Gasteiger charge is 2.43. The second-order valence-corrected chi connectivity index (χ2v) is 6.11. The summed E-state index contributed by atoms with van der Waals surface area (Å²) in [5.74, 6) is -0.492. The molecule has 1 saturated heterocycles. The lowest BCUT2D eigenvalue weighted by atomic mass is 9.96. The van der Waals surface area contributed by atoms with Gasteiger partial charge in [0.25, 0.3) is 0 Å². The van der Waals surface area contributed by atoms with Gasteiger partial charge < -0.3 is 9.64 Å². The molecule has 124 valence electrons. The van der Waals surface area contributed by atoms with Crippen LogP contribution in [0.2, 0.25) is 0 Å². The predicted molar refractivity (Wildman–Crippen MR) is 91.0 cm³/mol. The number of rotatable bonds is 5. The average molecular weight is 323 g/mol. The summed E-state index contributed by atoms with van der Waals surface area (Å²) >= 11 is 0. The zero-order chi connectivity index (χ0) is 16.9. The molecular weight excluding hydrogens is 302 g/mol. The van der Waals surface area contributed by atoms with Crippen LogP contribution in [-0.4, -0.2) is 29.9 Å². The predicted octanol–water partition coefficient (Wildman–Crippen LogP) is 2.82. The molecule has 0 aromatic heterocycles. The molecule has 0 spiro atoms. The number of carbonyl (C=O) groups is 2. The fourth-order valence-corrected chi connectivity index (χ4v) is 3.28. The van der Waals surface area contributed by atoms with Crippen LogP contribution in [0.5, 0.6) is 0 Å². The summed E-state index contributed by atoms with van der Waals surface area (Å²) in [5.41, 5.74) is 2.13. The zero-order valence-electron chi connectivity index (χ0n) is 13.7. The molecule has 1 amide bonds. The monoisotopic (exact) mass is 323 g/mol. The second-order valence-electron chi connectivity index (χ2n) is 6.11. The summed E-state index contributed by atoms with van der Waals surface area (Å²) in [5, 5.41) is 0. The van der Waals surface area contributed by atoms with Gasteiger partial charge in [0, 0.05) is 12.5 Å². The number of nitrogens with zero attached hydrogens (tertiary/aromatic N) is 1. The van der Waals surface area contributed by atoms with Crippen molar-refractivity contribution in [3.8, 4) is 0 Å². The van der Waals surface area contributed by atoms with Gasteiger partial charge in [0.15, 0.2) is 0 Å². The molecule has 0 saturated carbocycles. The minimum Gasteiger partial charge on any atom is -0.467 e. The maximum Gasteiger partial charge on any atom is 0.328 e. The highest BCUT2D eigenvalue weighted by atomic mass is 16.5. The van der Waals surface area contributed by atoms with Gasteiger partial charge in [0.2, 0.25) is 5.91 Å². The van der Waals surface area contributed by atoms with Gasteiger partial charge in [-0.2, -0.15) is 0 Å². The van der Waals surface area contributed by atoms with E-state index in [4.69, 9.17) is 4.74 Å². The van der Waals surface area contributed by atoms with Crippen molar-refractivity contribution in [2.45, 2.75) is 25.4 Å². The minimum atomic E-state index is -0.503. The lowest BCUT2D eigenvalue weighted by Crippen LogP contribution is -2.39.